The van der Waals surface area contributed by atoms with E-state index in [0.717, 1.165) is 24.9 Å². The molecular formula is C20H29N3O2. The Morgan fingerprint density at radius 1 is 1.16 bits per heavy atom. The number of nitrogens with zero attached hydrogens (tertiary/aromatic N) is 1. The van der Waals surface area contributed by atoms with Gasteiger partial charge in [-0.05, 0) is 51.0 Å². The Balaban J connectivity index is 1.71. The van der Waals surface area contributed by atoms with Crippen molar-refractivity contribution in [2.24, 2.45) is 11.8 Å². The Morgan fingerprint density at radius 3 is 2.64 bits per heavy atom. The summed E-state index contributed by atoms with van der Waals surface area (Å²) >= 11 is 0. The van der Waals surface area contributed by atoms with E-state index in [0.29, 0.717) is 19.0 Å². The highest BCUT2D eigenvalue weighted by atomic mass is 16.2. The number of urea groups is 1. The number of carbonyl (C=O) groups excluding carboxylic acids is 2. The molecular weight excluding hydrogens is 314 g/mol. The van der Waals surface area contributed by atoms with E-state index in [1.165, 1.54) is 18.4 Å². The zero-order chi connectivity index (χ0) is 17.8. The van der Waals surface area contributed by atoms with Gasteiger partial charge >= 0.3 is 6.03 Å². The molecule has 0 spiro atoms. The third-order valence-electron chi connectivity index (χ3n) is 5.23. The minimum absolute atomic E-state index is 0.0407. The molecule has 0 aromatic heterocycles. The van der Waals surface area contributed by atoms with E-state index in [1.54, 1.807) is 0 Å². The molecule has 2 N–H and O–H groups in total. The Kier molecular flexibility index (Phi) is 5.61. The summed E-state index contributed by atoms with van der Waals surface area (Å²) in [4.78, 5) is 26.9. The second kappa shape index (κ2) is 7.89. The Hall–Kier alpha value is -2.04. The van der Waals surface area contributed by atoms with Gasteiger partial charge in [-0.25, -0.2) is 4.79 Å². The molecule has 1 aromatic carbocycles. The van der Waals surface area contributed by atoms with Gasteiger partial charge in [0.2, 0.25) is 5.91 Å². The average Bonchev–Trinajstić information content (AvgIpc) is 3.44. The Morgan fingerprint density at radius 2 is 1.96 bits per heavy atom. The van der Waals surface area contributed by atoms with Crippen molar-refractivity contribution in [1.82, 2.24) is 15.5 Å². The van der Waals surface area contributed by atoms with Crippen LogP contribution in [0.25, 0.3) is 0 Å². The Bertz CT molecular complexity index is 627. The topological polar surface area (TPSA) is 61.4 Å². The van der Waals surface area contributed by atoms with Gasteiger partial charge in [0.25, 0.3) is 0 Å². The molecule has 3 rings (SSSR count). The summed E-state index contributed by atoms with van der Waals surface area (Å²) < 4.78 is 0. The predicted octanol–water partition coefficient (Wildman–Crippen LogP) is 3.00. The van der Waals surface area contributed by atoms with Crippen LogP contribution in [-0.4, -0.2) is 36.5 Å². The van der Waals surface area contributed by atoms with Crippen LogP contribution in [0.4, 0.5) is 4.79 Å². The number of aryl methyl sites for hydroxylation is 1. The van der Waals surface area contributed by atoms with Crippen LogP contribution in [0, 0.1) is 18.8 Å². The standard InChI is InChI=1S/C20H29N3O2/c1-3-21-20(25)23-13-17(19(24)22-12-15-7-8-15)9-10-18(23)16-6-4-5-14(2)11-16/h4-6,11,15,17-18H,3,7-10,12-13H2,1-2H3,(H,21,25)(H,22,24)/t17-,18-/m1/s1. The summed E-state index contributed by atoms with van der Waals surface area (Å²) in [5.41, 5.74) is 2.35. The van der Waals surface area contributed by atoms with Crippen LogP contribution >= 0.6 is 0 Å². The van der Waals surface area contributed by atoms with Gasteiger partial charge in [0.05, 0.1) is 12.0 Å². The predicted molar refractivity (Wildman–Crippen MR) is 98.2 cm³/mol. The van der Waals surface area contributed by atoms with E-state index in [4.69, 9.17) is 0 Å². The van der Waals surface area contributed by atoms with Crippen LogP contribution in [0.2, 0.25) is 0 Å². The smallest absolute Gasteiger partial charge is 0.317 e. The molecule has 136 valence electrons. The fourth-order valence-electron chi connectivity index (χ4n) is 3.60. The molecule has 2 atom stereocenters. The number of piperidine rings is 1. The average molecular weight is 343 g/mol. The number of hydrogen-bond donors (Lipinski definition) is 2. The lowest BCUT2D eigenvalue weighted by atomic mass is 9.88. The molecule has 0 radical (unpaired) electrons. The molecule has 2 aliphatic rings. The van der Waals surface area contributed by atoms with Crippen LogP contribution in [0.15, 0.2) is 24.3 Å². The van der Waals surface area contributed by atoms with Crippen molar-refractivity contribution in [1.29, 1.82) is 0 Å². The number of rotatable bonds is 5. The second-order valence-corrected chi connectivity index (χ2v) is 7.38. The van der Waals surface area contributed by atoms with Crippen molar-refractivity contribution < 1.29 is 9.59 Å². The zero-order valence-corrected chi connectivity index (χ0v) is 15.3. The SMILES string of the molecule is CCNC(=O)N1C[C@H](C(=O)NCC2CC2)CC[C@@H]1c1cccc(C)c1. The number of amides is 3. The summed E-state index contributed by atoms with van der Waals surface area (Å²) in [7, 11) is 0. The maximum atomic E-state index is 12.6. The largest absolute Gasteiger partial charge is 0.356 e. The van der Waals surface area contributed by atoms with Crippen molar-refractivity contribution >= 4 is 11.9 Å². The number of likely N-dealkylation sites (tertiary alicyclic amines) is 1. The molecule has 5 heteroatoms. The molecule has 5 nitrogen and oxygen atoms in total. The fourth-order valence-corrected chi connectivity index (χ4v) is 3.60. The second-order valence-electron chi connectivity index (χ2n) is 7.38. The summed E-state index contributed by atoms with van der Waals surface area (Å²) in [6.07, 6.45) is 4.10. The first-order valence-electron chi connectivity index (χ1n) is 9.47. The maximum absolute atomic E-state index is 12.6. The summed E-state index contributed by atoms with van der Waals surface area (Å²) in [5, 5.41) is 5.98. The van der Waals surface area contributed by atoms with E-state index in [2.05, 4.69) is 35.8 Å². The van der Waals surface area contributed by atoms with E-state index in [1.807, 2.05) is 17.9 Å². The summed E-state index contributed by atoms with van der Waals surface area (Å²) in [6, 6.07) is 8.29. The molecule has 0 bridgehead atoms. The molecule has 1 heterocycles. The first kappa shape index (κ1) is 17.8. The van der Waals surface area contributed by atoms with E-state index >= 15 is 0 Å². The highest BCUT2D eigenvalue weighted by Crippen LogP contribution is 2.34. The monoisotopic (exact) mass is 343 g/mol. The molecule has 25 heavy (non-hydrogen) atoms. The lowest BCUT2D eigenvalue weighted by molar-refractivity contribution is -0.126. The molecule has 2 fully saturated rings. The van der Waals surface area contributed by atoms with Gasteiger partial charge in [-0.3, -0.25) is 4.79 Å². The first-order chi connectivity index (χ1) is 12.1. The van der Waals surface area contributed by atoms with Gasteiger partial charge in [0, 0.05) is 19.6 Å². The van der Waals surface area contributed by atoms with Gasteiger partial charge in [-0.1, -0.05) is 29.8 Å². The maximum Gasteiger partial charge on any atom is 0.317 e. The fraction of sp³-hybridized carbons (Fsp3) is 0.600. The van der Waals surface area contributed by atoms with Crippen molar-refractivity contribution in [3.63, 3.8) is 0 Å². The lowest BCUT2D eigenvalue weighted by Crippen LogP contribution is -2.50. The van der Waals surface area contributed by atoms with Crippen molar-refractivity contribution in [3.05, 3.63) is 35.4 Å². The molecule has 1 saturated carbocycles. The molecule has 1 saturated heterocycles. The third-order valence-corrected chi connectivity index (χ3v) is 5.23. The lowest BCUT2D eigenvalue weighted by Gasteiger charge is -2.39. The van der Waals surface area contributed by atoms with Crippen LogP contribution in [-0.2, 0) is 4.79 Å². The van der Waals surface area contributed by atoms with Crippen molar-refractivity contribution in [3.8, 4) is 0 Å². The van der Waals surface area contributed by atoms with E-state index < -0.39 is 0 Å². The van der Waals surface area contributed by atoms with Gasteiger partial charge < -0.3 is 15.5 Å². The van der Waals surface area contributed by atoms with Crippen LogP contribution in [0.3, 0.4) is 0 Å². The molecule has 0 unspecified atom stereocenters. The minimum atomic E-state index is -0.109. The molecule has 1 aliphatic carbocycles. The third kappa shape index (κ3) is 4.53. The number of hydrogen-bond acceptors (Lipinski definition) is 2. The quantitative estimate of drug-likeness (QED) is 0.863. The Labute approximate surface area is 150 Å². The number of carbonyl (C=O) groups is 2. The first-order valence-corrected chi connectivity index (χ1v) is 9.47. The van der Waals surface area contributed by atoms with Gasteiger partial charge in [-0.15, -0.1) is 0 Å². The van der Waals surface area contributed by atoms with Crippen LogP contribution in [0.1, 0.15) is 49.8 Å². The molecule has 1 aliphatic heterocycles. The minimum Gasteiger partial charge on any atom is -0.356 e. The number of benzene rings is 1. The highest BCUT2D eigenvalue weighted by Gasteiger charge is 2.35. The number of nitrogens with one attached hydrogen (secondary N) is 2. The van der Waals surface area contributed by atoms with E-state index in [-0.39, 0.29) is 23.9 Å². The summed E-state index contributed by atoms with van der Waals surface area (Å²) in [5.74, 6) is 0.665. The molecule has 3 amide bonds. The van der Waals surface area contributed by atoms with Crippen LogP contribution < -0.4 is 10.6 Å². The zero-order valence-electron chi connectivity index (χ0n) is 15.3. The van der Waals surface area contributed by atoms with Crippen molar-refractivity contribution in [2.45, 2.75) is 45.6 Å². The van der Waals surface area contributed by atoms with Gasteiger partial charge in [-0.2, -0.15) is 0 Å². The normalized spacial score (nSPS) is 23.2. The van der Waals surface area contributed by atoms with Crippen molar-refractivity contribution in [2.75, 3.05) is 19.6 Å². The highest BCUT2D eigenvalue weighted by molar-refractivity contribution is 5.81. The summed E-state index contributed by atoms with van der Waals surface area (Å²) in [6.45, 7) is 5.85. The van der Waals surface area contributed by atoms with E-state index in [9.17, 15) is 9.59 Å². The van der Waals surface area contributed by atoms with Crippen LogP contribution in [0.5, 0.6) is 0 Å². The van der Waals surface area contributed by atoms with Gasteiger partial charge in [0.15, 0.2) is 0 Å². The molecule has 1 aromatic rings. The van der Waals surface area contributed by atoms with Gasteiger partial charge in [0.1, 0.15) is 0 Å².